The molecule has 0 N–H and O–H groups in total. The summed E-state index contributed by atoms with van der Waals surface area (Å²) < 4.78 is 4.57. The van der Waals surface area contributed by atoms with Crippen LogP contribution in [-0.2, 0) is 9.53 Å². The Morgan fingerprint density at radius 1 is 1.58 bits per heavy atom. The number of carbonyl (C=O) groups is 1. The fraction of sp³-hybridized carbons (Fsp3) is 0.700. The van der Waals surface area contributed by atoms with E-state index < -0.39 is 0 Å². The second kappa shape index (κ2) is 6.89. The minimum atomic E-state index is -0.108. The van der Waals surface area contributed by atoms with Gasteiger partial charge in [-0.3, -0.25) is 4.79 Å². The first-order chi connectivity index (χ1) is 5.70. The minimum absolute atomic E-state index is 0.108. The fourth-order valence-electron chi connectivity index (χ4n) is 1.02. The normalized spacial score (nSPS) is 13.2. The zero-order valence-electron chi connectivity index (χ0n) is 8.17. The van der Waals surface area contributed by atoms with Crippen LogP contribution in [0.15, 0.2) is 12.2 Å². The summed E-state index contributed by atoms with van der Waals surface area (Å²) >= 11 is 0. The van der Waals surface area contributed by atoms with Crippen molar-refractivity contribution in [3.8, 4) is 0 Å². The number of methoxy groups -OCH3 is 1. The molecule has 0 saturated heterocycles. The second-order valence-electron chi connectivity index (χ2n) is 3.03. The summed E-state index contributed by atoms with van der Waals surface area (Å²) in [5.74, 6) is 0.316. The number of allylic oxidation sites excluding steroid dienone is 2. The third kappa shape index (κ3) is 5.96. The van der Waals surface area contributed by atoms with E-state index in [0.29, 0.717) is 12.3 Å². The number of hydrogen-bond donors (Lipinski definition) is 0. The lowest BCUT2D eigenvalue weighted by Crippen LogP contribution is -2.06. The van der Waals surface area contributed by atoms with Crippen LogP contribution in [0.3, 0.4) is 0 Å². The topological polar surface area (TPSA) is 26.3 Å². The van der Waals surface area contributed by atoms with Crippen LogP contribution in [-0.4, -0.2) is 13.1 Å². The molecule has 0 rings (SSSR count). The van der Waals surface area contributed by atoms with Crippen LogP contribution < -0.4 is 0 Å². The molecule has 0 radical (unpaired) electrons. The van der Waals surface area contributed by atoms with Crippen LogP contribution in [0.25, 0.3) is 0 Å². The predicted molar refractivity (Wildman–Crippen MR) is 49.8 cm³/mol. The van der Waals surface area contributed by atoms with Gasteiger partial charge in [0, 0.05) is 6.42 Å². The highest BCUT2D eigenvalue weighted by Gasteiger charge is 2.07. The molecule has 0 amide bonds. The molecule has 0 aromatic heterocycles. The Morgan fingerprint density at radius 3 is 2.75 bits per heavy atom. The van der Waals surface area contributed by atoms with Gasteiger partial charge >= 0.3 is 5.97 Å². The summed E-state index contributed by atoms with van der Waals surface area (Å²) in [6.07, 6.45) is 6.79. The molecule has 2 nitrogen and oxygen atoms in total. The first-order valence-electron chi connectivity index (χ1n) is 4.38. The van der Waals surface area contributed by atoms with Gasteiger partial charge in [0.25, 0.3) is 0 Å². The van der Waals surface area contributed by atoms with Gasteiger partial charge in [-0.25, -0.2) is 0 Å². The first-order valence-corrected chi connectivity index (χ1v) is 4.38. The van der Waals surface area contributed by atoms with Crippen molar-refractivity contribution < 1.29 is 9.53 Å². The summed E-state index contributed by atoms with van der Waals surface area (Å²) in [4.78, 5) is 10.8. The van der Waals surface area contributed by atoms with Crippen LogP contribution >= 0.6 is 0 Å². The van der Waals surface area contributed by atoms with Crippen molar-refractivity contribution in [1.29, 1.82) is 0 Å². The van der Waals surface area contributed by atoms with Crippen molar-refractivity contribution in [1.82, 2.24) is 0 Å². The van der Waals surface area contributed by atoms with Gasteiger partial charge in [0.15, 0.2) is 0 Å². The molecule has 0 aliphatic heterocycles. The Hall–Kier alpha value is -0.790. The van der Waals surface area contributed by atoms with Gasteiger partial charge in [-0.05, 0) is 25.7 Å². The van der Waals surface area contributed by atoms with Crippen molar-refractivity contribution in [2.24, 2.45) is 5.92 Å². The van der Waals surface area contributed by atoms with Gasteiger partial charge in [0.2, 0.25) is 0 Å². The maximum Gasteiger partial charge on any atom is 0.305 e. The Balaban J connectivity index is 3.45. The molecule has 0 heterocycles. The Morgan fingerprint density at radius 2 is 2.25 bits per heavy atom. The molecule has 0 saturated carbocycles. The monoisotopic (exact) mass is 170 g/mol. The van der Waals surface area contributed by atoms with Crippen molar-refractivity contribution in [2.45, 2.75) is 33.1 Å². The van der Waals surface area contributed by atoms with E-state index in [9.17, 15) is 4.79 Å². The molecule has 12 heavy (non-hydrogen) atoms. The lowest BCUT2D eigenvalue weighted by molar-refractivity contribution is -0.141. The van der Waals surface area contributed by atoms with Gasteiger partial charge < -0.3 is 4.74 Å². The van der Waals surface area contributed by atoms with E-state index in [-0.39, 0.29) is 5.97 Å². The summed E-state index contributed by atoms with van der Waals surface area (Å²) in [5, 5.41) is 0. The number of ether oxygens (including phenoxy) is 1. The lowest BCUT2D eigenvalue weighted by atomic mass is 10.0. The van der Waals surface area contributed by atoms with Gasteiger partial charge in [-0.15, -0.1) is 0 Å². The largest absolute Gasteiger partial charge is 0.469 e. The minimum Gasteiger partial charge on any atom is -0.469 e. The molecule has 0 aliphatic carbocycles. The molecule has 1 atom stereocenters. The van der Waals surface area contributed by atoms with E-state index in [0.717, 1.165) is 12.8 Å². The second-order valence-corrected chi connectivity index (χ2v) is 3.03. The van der Waals surface area contributed by atoms with Gasteiger partial charge in [0.05, 0.1) is 7.11 Å². The maximum atomic E-state index is 10.8. The van der Waals surface area contributed by atoms with Crippen LogP contribution in [0.2, 0.25) is 0 Å². The fourth-order valence-corrected chi connectivity index (χ4v) is 1.02. The quantitative estimate of drug-likeness (QED) is 0.468. The number of rotatable bonds is 5. The number of hydrogen-bond acceptors (Lipinski definition) is 2. The molecular weight excluding hydrogens is 152 g/mol. The summed E-state index contributed by atoms with van der Waals surface area (Å²) in [6.45, 7) is 4.07. The molecule has 0 bridgehead atoms. The predicted octanol–water partition coefficient (Wildman–Crippen LogP) is 2.54. The number of carbonyl (C=O) groups excluding carboxylic acids is 1. The lowest BCUT2D eigenvalue weighted by Gasteiger charge is -2.07. The van der Waals surface area contributed by atoms with Gasteiger partial charge in [-0.2, -0.15) is 0 Å². The van der Waals surface area contributed by atoms with Crippen molar-refractivity contribution in [2.75, 3.05) is 7.11 Å². The SMILES string of the molecule is CC=CCCC(C)CC(=O)OC. The highest BCUT2D eigenvalue weighted by molar-refractivity contribution is 5.69. The first kappa shape index (κ1) is 11.2. The Kier molecular flexibility index (Phi) is 6.44. The van der Waals surface area contributed by atoms with E-state index in [1.54, 1.807) is 0 Å². The number of esters is 1. The standard InChI is InChI=1S/C10H18O2/c1-4-5-6-7-9(2)8-10(11)12-3/h4-5,9H,6-8H2,1-3H3. The summed E-state index contributed by atoms with van der Waals surface area (Å²) in [7, 11) is 1.43. The third-order valence-corrected chi connectivity index (χ3v) is 1.80. The van der Waals surface area contributed by atoms with Crippen molar-refractivity contribution in [3.63, 3.8) is 0 Å². The highest BCUT2D eigenvalue weighted by Crippen LogP contribution is 2.10. The van der Waals surface area contributed by atoms with Crippen LogP contribution in [0.4, 0.5) is 0 Å². The molecular formula is C10H18O2. The van der Waals surface area contributed by atoms with Crippen LogP contribution in [0, 0.1) is 5.92 Å². The van der Waals surface area contributed by atoms with Crippen LogP contribution in [0.1, 0.15) is 33.1 Å². The smallest absolute Gasteiger partial charge is 0.305 e. The average Bonchev–Trinajstić information content (AvgIpc) is 2.05. The Bertz CT molecular complexity index is 150. The van der Waals surface area contributed by atoms with E-state index >= 15 is 0 Å². The zero-order valence-corrected chi connectivity index (χ0v) is 8.17. The van der Waals surface area contributed by atoms with Crippen molar-refractivity contribution in [3.05, 3.63) is 12.2 Å². The molecule has 70 valence electrons. The van der Waals surface area contributed by atoms with Crippen molar-refractivity contribution >= 4 is 5.97 Å². The molecule has 0 aromatic rings. The third-order valence-electron chi connectivity index (χ3n) is 1.80. The molecule has 2 heteroatoms. The summed E-state index contributed by atoms with van der Waals surface area (Å²) in [5.41, 5.74) is 0. The van der Waals surface area contributed by atoms with E-state index in [2.05, 4.69) is 17.7 Å². The van der Waals surface area contributed by atoms with E-state index in [1.165, 1.54) is 7.11 Å². The molecule has 0 spiro atoms. The highest BCUT2D eigenvalue weighted by atomic mass is 16.5. The average molecular weight is 170 g/mol. The molecule has 0 aliphatic rings. The van der Waals surface area contributed by atoms with Gasteiger partial charge in [0.1, 0.15) is 0 Å². The maximum absolute atomic E-state index is 10.8. The zero-order chi connectivity index (χ0) is 9.40. The van der Waals surface area contributed by atoms with Gasteiger partial charge in [-0.1, -0.05) is 19.1 Å². The van der Waals surface area contributed by atoms with E-state index in [4.69, 9.17) is 0 Å². The summed E-state index contributed by atoms with van der Waals surface area (Å²) in [6, 6.07) is 0. The molecule has 0 fully saturated rings. The molecule has 0 aromatic carbocycles. The van der Waals surface area contributed by atoms with E-state index in [1.807, 2.05) is 13.0 Å². The Labute approximate surface area is 74.6 Å². The molecule has 1 unspecified atom stereocenters. The van der Waals surface area contributed by atoms with Crippen LogP contribution in [0.5, 0.6) is 0 Å².